The molecule has 3 aromatic carbocycles. The number of halogens is 1. The van der Waals surface area contributed by atoms with Gasteiger partial charge in [-0.1, -0.05) is 30.7 Å². The molecular formula is C32H38FN5O4S2. The average molecular weight is 640 g/mol. The number of nitrogens with zero attached hydrogens (tertiary/aromatic N) is 3. The number of β-amino-alcohol motifs (C(OH)–C–C–N with tert-alkyl or cyclic N) is 1. The van der Waals surface area contributed by atoms with Crippen LogP contribution in [0.2, 0.25) is 0 Å². The molecule has 44 heavy (non-hydrogen) atoms. The third-order valence-electron chi connectivity index (χ3n) is 7.97. The number of anilines is 3. The molecule has 0 saturated carbocycles. The molecule has 1 amide bonds. The summed E-state index contributed by atoms with van der Waals surface area (Å²) >= 11 is 1.26. The summed E-state index contributed by atoms with van der Waals surface area (Å²) in [4.78, 5) is 21.6. The Morgan fingerprint density at radius 2 is 1.89 bits per heavy atom. The van der Waals surface area contributed by atoms with Crippen LogP contribution in [0.5, 0.6) is 0 Å². The Morgan fingerprint density at radius 1 is 1.09 bits per heavy atom. The van der Waals surface area contributed by atoms with E-state index in [2.05, 4.69) is 19.9 Å². The molecule has 0 aliphatic carbocycles. The number of likely N-dealkylation sites (tertiary alicyclic amines) is 1. The van der Waals surface area contributed by atoms with E-state index in [9.17, 15) is 22.7 Å². The second-order valence-electron chi connectivity index (χ2n) is 11.3. The normalized spacial score (nSPS) is 16.3. The number of fused-ring (bicyclic) bond motifs is 1. The van der Waals surface area contributed by atoms with E-state index in [1.165, 1.54) is 35.6 Å². The predicted molar refractivity (Wildman–Crippen MR) is 175 cm³/mol. The molecule has 2 heterocycles. The van der Waals surface area contributed by atoms with E-state index in [0.717, 1.165) is 49.8 Å². The van der Waals surface area contributed by atoms with Gasteiger partial charge in [-0.25, -0.2) is 17.8 Å². The number of carbonyl (C=O) groups is 1. The molecule has 1 atom stereocenters. The summed E-state index contributed by atoms with van der Waals surface area (Å²) in [5.41, 5.74) is 1.68. The maximum absolute atomic E-state index is 14.9. The highest BCUT2D eigenvalue weighted by atomic mass is 32.2. The minimum atomic E-state index is -4.14. The Labute approximate surface area is 261 Å². The Balaban J connectivity index is 1.29. The zero-order valence-electron chi connectivity index (χ0n) is 24.9. The van der Waals surface area contributed by atoms with Crippen LogP contribution >= 0.6 is 11.3 Å². The molecular weight excluding hydrogens is 602 g/mol. The fourth-order valence-electron chi connectivity index (χ4n) is 5.71. The summed E-state index contributed by atoms with van der Waals surface area (Å²) < 4.78 is 44.4. The van der Waals surface area contributed by atoms with Crippen LogP contribution in [0.15, 0.2) is 64.9 Å². The number of rotatable bonds is 10. The van der Waals surface area contributed by atoms with Crippen LogP contribution in [0.1, 0.15) is 32.1 Å². The summed E-state index contributed by atoms with van der Waals surface area (Å²) in [5.74, 6) is -0.558. The van der Waals surface area contributed by atoms with E-state index in [1.807, 2.05) is 31.1 Å². The highest BCUT2D eigenvalue weighted by molar-refractivity contribution is 7.93. The van der Waals surface area contributed by atoms with Crippen molar-refractivity contribution in [2.75, 3.05) is 55.3 Å². The van der Waals surface area contributed by atoms with Gasteiger partial charge in [0, 0.05) is 54.5 Å². The molecule has 9 nitrogen and oxygen atoms in total. The zero-order valence-corrected chi connectivity index (χ0v) is 26.6. The summed E-state index contributed by atoms with van der Waals surface area (Å²) in [6, 6.07) is 14.6. The van der Waals surface area contributed by atoms with Crippen LogP contribution in [0.3, 0.4) is 0 Å². The molecule has 1 fully saturated rings. The second-order valence-corrected chi connectivity index (χ2v) is 13.8. The summed E-state index contributed by atoms with van der Waals surface area (Å²) in [5, 5.41) is 15.6. The smallest absolute Gasteiger partial charge is 0.262 e. The maximum Gasteiger partial charge on any atom is 0.262 e. The van der Waals surface area contributed by atoms with Crippen LogP contribution < -0.4 is 14.9 Å². The van der Waals surface area contributed by atoms with E-state index < -0.39 is 15.8 Å². The first kappa shape index (κ1) is 31.8. The number of hydrogen-bond acceptors (Lipinski definition) is 8. The van der Waals surface area contributed by atoms with Crippen molar-refractivity contribution in [2.24, 2.45) is 5.92 Å². The summed E-state index contributed by atoms with van der Waals surface area (Å²) in [6.07, 6.45) is 4.40. The Morgan fingerprint density at radius 3 is 2.68 bits per heavy atom. The molecule has 1 aromatic heterocycles. The lowest BCUT2D eigenvalue weighted by Crippen LogP contribution is -2.32. The molecule has 1 saturated heterocycles. The van der Waals surface area contributed by atoms with Gasteiger partial charge in [-0.3, -0.25) is 9.52 Å². The van der Waals surface area contributed by atoms with Gasteiger partial charge in [0.05, 0.1) is 22.9 Å². The summed E-state index contributed by atoms with van der Waals surface area (Å²) in [7, 11) is -0.367. The average Bonchev–Trinajstić information content (AvgIpc) is 3.44. The first-order valence-corrected chi connectivity index (χ1v) is 17.1. The largest absolute Gasteiger partial charge is 0.395 e. The lowest BCUT2D eigenvalue weighted by Gasteiger charge is -2.27. The molecule has 12 heteroatoms. The van der Waals surface area contributed by atoms with Gasteiger partial charge < -0.3 is 20.2 Å². The number of benzene rings is 3. The zero-order chi connectivity index (χ0) is 31.3. The molecule has 234 valence electrons. The van der Waals surface area contributed by atoms with E-state index in [-0.39, 0.29) is 29.0 Å². The van der Waals surface area contributed by atoms with Crippen molar-refractivity contribution in [3.05, 3.63) is 65.8 Å². The van der Waals surface area contributed by atoms with Crippen molar-refractivity contribution >= 4 is 54.5 Å². The van der Waals surface area contributed by atoms with E-state index in [4.69, 9.17) is 0 Å². The Kier molecular flexibility index (Phi) is 10.1. The molecule has 0 radical (unpaired) electrons. The molecule has 5 rings (SSSR count). The minimum Gasteiger partial charge on any atom is -0.395 e. The van der Waals surface area contributed by atoms with Gasteiger partial charge in [0.2, 0.25) is 5.91 Å². The van der Waals surface area contributed by atoms with Crippen molar-refractivity contribution in [1.82, 2.24) is 9.88 Å². The number of aliphatic hydroxyl groups is 1. The SMILES string of the molecule is CN(C)c1cccc2c(S(=O)(=O)Nc3cc(-c4csc(NC(=O)CC5CCCCN(CCO)CC5)n4)ccc3F)cccc12. The summed E-state index contributed by atoms with van der Waals surface area (Å²) in [6.45, 7) is 2.65. The lowest BCUT2D eigenvalue weighted by atomic mass is 9.92. The van der Waals surface area contributed by atoms with E-state index in [0.29, 0.717) is 34.7 Å². The minimum absolute atomic E-state index is 0.0487. The Bertz CT molecular complexity index is 1730. The van der Waals surface area contributed by atoms with Crippen LogP contribution in [-0.2, 0) is 14.8 Å². The quantitative estimate of drug-likeness (QED) is 0.202. The van der Waals surface area contributed by atoms with Crippen LogP contribution in [-0.4, -0.2) is 69.7 Å². The monoisotopic (exact) mass is 639 g/mol. The fraction of sp³-hybridized carbons (Fsp3) is 0.375. The third kappa shape index (κ3) is 7.55. The first-order valence-electron chi connectivity index (χ1n) is 14.7. The predicted octanol–water partition coefficient (Wildman–Crippen LogP) is 5.78. The number of amides is 1. The van der Waals surface area contributed by atoms with Crippen molar-refractivity contribution in [2.45, 2.75) is 37.0 Å². The van der Waals surface area contributed by atoms with Gasteiger partial charge in [-0.2, -0.15) is 0 Å². The molecule has 1 unspecified atom stereocenters. The van der Waals surface area contributed by atoms with Crippen molar-refractivity contribution in [3.8, 4) is 11.3 Å². The van der Waals surface area contributed by atoms with Gasteiger partial charge in [0.1, 0.15) is 5.82 Å². The third-order valence-corrected chi connectivity index (χ3v) is 10.1. The van der Waals surface area contributed by atoms with Crippen molar-refractivity contribution in [1.29, 1.82) is 0 Å². The molecule has 4 aromatic rings. The number of aliphatic hydroxyl groups excluding tert-OH is 1. The number of nitrogens with one attached hydrogen (secondary N) is 2. The van der Waals surface area contributed by atoms with Crippen molar-refractivity contribution in [3.63, 3.8) is 0 Å². The van der Waals surface area contributed by atoms with Crippen LogP contribution in [0.25, 0.3) is 22.0 Å². The number of hydrogen-bond donors (Lipinski definition) is 3. The molecule has 1 aliphatic heterocycles. The number of sulfonamides is 1. The topological polar surface area (TPSA) is 115 Å². The van der Waals surface area contributed by atoms with Crippen LogP contribution in [0, 0.1) is 11.7 Å². The first-order chi connectivity index (χ1) is 21.1. The fourth-order valence-corrected chi connectivity index (χ4v) is 7.72. The number of thiazole rings is 1. The molecule has 3 N–H and O–H groups in total. The molecule has 1 aliphatic rings. The van der Waals surface area contributed by atoms with Gasteiger partial charge in [0.25, 0.3) is 10.0 Å². The lowest BCUT2D eigenvalue weighted by molar-refractivity contribution is -0.117. The number of carbonyl (C=O) groups excluding carboxylic acids is 1. The van der Waals surface area contributed by atoms with Crippen LogP contribution in [0.4, 0.5) is 20.9 Å². The van der Waals surface area contributed by atoms with E-state index >= 15 is 0 Å². The van der Waals surface area contributed by atoms with Crippen molar-refractivity contribution < 1.29 is 22.7 Å². The van der Waals surface area contributed by atoms with Gasteiger partial charge in [0.15, 0.2) is 5.13 Å². The van der Waals surface area contributed by atoms with Gasteiger partial charge in [-0.15, -0.1) is 11.3 Å². The van der Waals surface area contributed by atoms with Gasteiger partial charge in [-0.05, 0) is 68.6 Å². The molecule has 0 spiro atoms. The standard InChI is InChI=1S/C32H38FN5O4S2/c1-37(2)29-10-5-9-25-24(29)8-6-11-30(25)44(41,42)36-27-20-23(12-13-26(27)33)28-21-43-32(34-28)35-31(40)19-22-7-3-4-15-38(16-14-22)17-18-39/h5-6,8-13,20-22,36,39H,3-4,7,14-19H2,1-2H3,(H,34,35,40). The highest BCUT2D eigenvalue weighted by Gasteiger charge is 2.22. The second kappa shape index (κ2) is 14.0. The Hall–Kier alpha value is -3.58. The number of aromatic nitrogens is 1. The maximum atomic E-state index is 14.9. The van der Waals surface area contributed by atoms with E-state index in [1.54, 1.807) is 23.6 Å². The highest BCUT2D eigenvalue weighted by Crippen LogP contribution is 2.33. The molecule has 0 bridgehead atoms. The van der Waals surface area contributed by atoms with Gasteiger partial charge >= 0.3 is 0 Å².